The molecule has 0 aliphatic rings. The van der Waals surface area contributed by atoms with Crippen LogP contribution in [0.2, 0.25) is 10.0 Å². The van der Waals surface area contributed by atoms with Crippen LogP contribution in [0, 0.1) is 0 Å². The van der Waals surface area contributed by atoms with Crippen molar-refractivity contribution in [1.29, 1.82) is 0 Å². The number of carbonyl (C=O) groups excluding carboxylic acids is 1. The number of thioether (sulfide) groups is 1. The van der Waals surface area contributed by atoms with Gasteiger partial charge in [-0.25, -0.2) is 8.42 Å². The van der Waals surface area contributed by atoms with Crippen molar-refractivity contribution in [3.63, 3.8) is 0 Å². The SMILES string of the molecule is CS(=O)(=O)Nc1ccc(C(=O)NCCSCc2ccc(Cl)cc2Cl)cc1. The molecule has 0 aliphatic carbocycles. The highest BCUT2D eigenvalue weighted by atomic mass is 35.5. The molecule has 0 aliphatic heterocycles. The molecule has 2 N–H and O–H groups in total. The summed E-state index contributed by atoms with van der Waals surface area (Å²) in [6.07, 6.45) is 1.07. The number of carbonyl (C=O) groups is 1. The average molecular weight is 433 g/mol. The van der Waals surface area contributed by atoms with Gasteiger partial charge >= 0.3 is 0 Å². The van der Waals surface area contributed by atoms with E-state index in [2.05, 4.69) is 10.0 Å². The second-order valence-corrected chi connectivity index (χ2v) is 9.19. The summed E-state index contributed by atoms with van der Waals surface area (Å²) in [5.41, 5.74) is 1.88. The van der Waals surface area contributed by atoms with Crippen molar-refractivity contribution in [3.05, 3.63) is 63.6 Å². The van der Waals surface area contributed by atoms with Gasteiger partial charge in [0.05, 0.1) is 6.26 Å². The van der Waals surface area contributed by atoms with Crippen LogP contribution >= 0.6 is 35.0 Å². The van der Waals surface area contributed by atoms with Crippen molar-refractivity contribution in [2.24, 2.45) is 0 Å². The average Bonchev–Trinajstić information content (AvgIpc) is 2.55. The summed E-state index contributed by atoms with van der Waals surface area (Å²) in [6, 6.07) is 11.6. The largest absolute Gasteiger partial charge is 0.351 e. The minimum absolute atomic E-state index is 0.207. The van der Waals surface area contributed by atoms with Gasteiger partial charge in [0.2, 0.25) is 10.0 Å². The predicted molar refractivity (Wildman–Crippen MR) is 110 cm³/mol. The van der Waals surface area contributed by atoms with E-state index in [4.69, 9.17) is 23.2 Å². The molecule has 9 heteroatoms. The first-order chi connectivity index (χ1) is 12.2. The van der Waals surface area contributed by atoms with E-state index in [1.54, 1.807) is 48.2 Å². The highest BCUT2D eigenvalue weighted by Crippen LogP contribution is 2.24. The zero-order chi connectivity index (χ0) is 19.2. The number of rotatable bonds is 8. The van der Waals surface area contributed by atoms with Crippen molar-refractivity contribution >= 4 is 56.6 Å². The van der Waals surface area contributed by atoms with Gasteiger partial charge in [0.25, 0.3) is 5.91 Å². The quantitative estimate of drug-likeness (QED) is 0.617. The molecule has 0 unspecified atom stereocenters. The number of nitrogens with one attached hydrogen (secondary N) is 2. The number of halogens is 2. The summed E-state index contributed by atoms with van der Waals surface area (Å²) in [4.78, 5) is 12.1. The monoisotopic (exact) mass is 432 g/mol. The number of hydrogen-bond acceptors (Lipinski definition) is 4. The zero-order valence-electron chi connectivity index (χ0n) is 14.0. The van der Waals surface area contributed by atoms with E-state index in [0.29, 0.717) is 27.8 Å². The third-order valence-corrected chi connectivity index (χ3v) is 5.46. The second-order valence-electron chi connectivity index (χ2n) is 5.50. The van der Waals surface area contributed by atoms with Crippen LogP contribution in [0.5, 0.6) is 0 Å². The predicted octanol–water partition coefficient (Wildman–Crippen LogP) is 4.03. The summed E-state index contributed by atoms with van der Waals surface area (Å²) >= 11 is 13.6. The van der Waals surface area contributed by atoms with Crippen LogP contribution in [0.15, 0.2) is 42.5 Å². The molecule has 2 aromatic rings. The van der Waals surface area contributed by atoms with Gasteiger partial charge in [-0.15, -0.1) is 0 Å². The van der Waals surface area contributed by atoms with Crippen LogP contribution < -0.4 is 10.0 Å². The van der Waals surface area contributed by atoms with Crippen LogP contribution in [0.3, 0.4) is 0 Å². The molecule has 0 fully saturated rings. The maximum absolute atomic E-state index is 12.1. The molecule has 0 heterocycles. The third kappa shape index (κ3) is 7.07. The molecule has 2 aromatic carbocycles. The Morgan fingerprint density at radius 2 is 1.81 bits per heavy atom. The molecule has 0 aromatic heterocycles. The minimum atomic E-state index is -3.33. The molecule has 0 radical (unpaired) electrons. The van der Waals surface area contributed by atoms with E-state index in [-0.39, 0.29) is 5.91 Å². The summed E-state index contributed by atoms with van der Waals surface area (Å²) in [7, 11) is -3.33. The lowest BCUT2D eigenvalue weighted by atomic mass is 10.2. The lowest BCUT2D eigenvalue weighted by Crippen LogP contribution is -2.25. The summed E-state index contributed by atoms with van der Waals surface area (Å²) in [5.74, 6) is 1.26. The normalized spacial score (nSPS) is 11.2. The smallest absolute Gasteiger partial charge is 0.251 e. The maximum Gasteiger partial charge on any atom is 0.251 e. The molecule has 0 bridgehead atoms. The van der Waals surface area contributed by atoms with Crippen molar-refractivity contribution in [1.82, 2.24) is 5.32 Å². The molecule has 0 spiro atoms. The number of amides is 1. The lowest BCUT2D eigenvalue weighted by molar-refractivity contribution is 0.0956. The number of anilines is 1. The van der Waals surface area contributed by atoms with Crippen LogP contribution in [0.25, 0.3) is 0 Å². The Labute approximate surface area is 167 Å². The Morgan fingerprint density at radius 3 is 2.42 bits per heavy atom. The maximum atomic E-state index is 12.1. The first-order valence-electron chi connectivity index (χ1n) is 7.62. The molecule has 5 nitrogen and oxygen atoms in total. The van der Waals surface area contributed by atoms with Crippen LogP contribution in [0.4, 0.5) is 5.69 Å². The van der Waals surface area contributed by atoms with Gasteiger partial charge in [-0.3, -0.25) is 9.52 Å². The van der Waals surface area contributed by atoms with Gasteiger partial charge in [0.15, 0.2) is 0 Å². The van der Waals surface area contributed by atoms with Crippen LogP contribution in [-0.4, -0.2) is 32.9 Å². The number of hydrogen-bond donors (Lipinski definition) is 2. The fraction of sp³-hybridized carbons (Fsp3) is 0.235. The van der Waals surface area contributed by atoms with E-state index < -0.39 is 10.0 Å². The zero-order valence-corrected chi connectivity index (χ0v) is 17.1. The van der Waals surface area contributed by atoms with E-state index in [0.717, 1.165) is 23.3 Å². The van der Waals surface area contributed by atoms with E-state index in [9.17, 15) is 13.2 Å². The first kappa shape index (κ1) is 20.9. The Kier molecular flexibility index (Phi) is 7.64. The standard InChI is InChI=1S/C17H18Cl2N2O3S2/c1-26(23,24)21-15-6-3-12(4-7-15)17(22)20-8-9-25-11-13-2-5-14(18)10-16(13)19/h2-7,10,21H,8-9,11H2,1H3,(H,20,22). The molecule has 26 heavy (non-hydrogen) atoms. The second kappa shape index (κ2) is 9.50. The molecular formula is C17H18Cl2N2O3S2. The van der Waals surface area contributed by atoms with E-state index in [1.165, 1.54) is 0 Å². The van der Waals surface area contributed by atoms with Gasteiger partial charge in [0, 0.05) is 39.3 Å². The molecule has 0 saturated carbocycles. The summed E-state index contributed by atoms with van der Waals surface area (Å²) in [6.45, 7) is 0.512. The van der Waals surface area contributed by atoms with Gasteiger partial charge < -0.3 is 5.32 Å². The van der Waals surface area contributed by atoms with Gasteiger partial charge in [0.1, 0.15) is 0 Å². The molecular weight excluding hydrogens is 415 g/mol. The highest BCUT2D eigenvalue weighted by molar-refractivity contribution is 7.98. The van der Waals surface area contributed by atoms with Crippen molar-refractivity contribution in [3.8, 4) is 0 Å². The Balaban J connectivity index is 1.74. The van der Waals surface area contributed by atoms with E-state index >= 15 is 0 Å². The summed E-state index contributed by atoms with van der Waals surface area (Å²) in [5, 5.41) is 4.07. The molecule has 2 rings (SSSR count). The van der Waals surface area contributed by atoms with Crippen molar-refractivity contribution in [2.75, 3.05) is 23.3 Å². The molecule has 1 amide bonds. The topological polar surface area (TPSA) is 75.3 Å². The Morgan fingerprint density at radius 1 is 1.12 bits per heavy atom. The first-order valence-corrected chi connectivity index (χ1v) is 11.4. The lowest BCUT2D eigenvalue weighted by Gasteiger charge is -2.08. The van der Waals surface area contributed by atoms with Crippen molar-refractivity contribution < 1.29 is 13.2 Å². The molecule has 0 atom stereocenters. The van der Waals surface area contributed by atoms with Gasteiger partial charge in [-0.1, -0.05) is 29.3 Å². The molecule has 140 valence electrons. The summed E-state index contributed by atoms with van der Waals surface area (Å²) < 4.78 is 24.7. The third-order valence-electron chi connectivity index (χ3n) is 3.25. The van der Waals surface area contributed by atoms with E-state index in [1.807, 2.05) is 6.07 Å². The van der Waals surface area contributed by atoms with Crippen molar-refractivity contribution in [2.45, 2.75) is 5.75 Å². The van der Waals surface area contributed by atoms with Gasteiger partial charge in [-0.2, -0.15) is 11.8 Å². The van der Waals surface area contributed by atoms with Gasteiger partial charge in [-0.05, 0) is 42.0 Å². The fourth-order valence-corrected chi connectivity index (χ4v) is 4.04. The van der Waals surface area contributed by atoms with Crippen LogP contribution in [-0.2, 0) is 15.8 Å². The highest BCUT2D eigenvalue weighted by Gasteiger charge is 2.07. The fourth-order valence-electron chi connectivity index (χ4n) is 2.06. The minimum Gasteiger partial charge on any atom is -0.351 e. The Hall–Kier alpha value is -1.41. The van der Waals surface area contributed by atoms with Crippen LogP contribution in [0.1, 0.15) is 15.9 Å². The molecule has 0 saturated heterocycles. The Bertz CT molecular complexity index is 872. The number of benzene rings is 2. The number of sulfonamides is 1.